The summed E-state index contributed by atoms with van der Waals surface area (Å²) in [6.07, 6.45) is 6.31. The third-order valence-corrected chi connectivity index (χ3v) is 2.80. The molecule has 1 unspecified atom stereocenters. The molecule has 0 aliphatic rings. The van der Waals surface area contributed by atoms with Crippen LogP contribution in [0.5, 0.6) is 0 Å². The van der Waals surface area contributed by atoms with Gasteiger partial charge in [0.2, 0.25) is 5.91 Å². The number of aryl methyl sites for hydroxylation is 1. The lowest BCUT2D eigenvalue weighted by atomic mass is 10.1. The zero-order chi connectivity index (χ0) is 12.7. The Labute approximate surface area is 103 Å². The first-order valence-electron chi connectivity index (χ1n) is 6.08. The van der Waals surface area contributed by atoms with Crippen LogP contribution in [0.4, 0.5) is 0 Å². The van der Waals surface area contributed by atoms with Crippen molar-refractivity contribution in [3.8, 4) is 0 Å². The molecule has 0 saturated heterocycles. The third-order valence-electron chi connectivity index (χ3n) is 2.80. The van der Waals surface area contributed by atoms with Crippen molar-refractivity contribution in [2.75, 3.05) is 0 Å². The number of nitrogens with zero attached hydrogens (tertiary/aromatic N) is 1. The average Bonchev–Trinajstić information content (AvgIpc) is 2.34. The van der Waals surface area contributed by atoms with Crippen molar-refractivity contribution in [2.24, 2.45) is 5.73 Å². The highest BCUT2D eigenvalue weighted by Crippen LogP contribution is 2.04. The van der Waals surface area contributed by atoms with E-state index in [0.29, 0.717) is 6.54 Å². The first-order valence-corrected chi connectivity index (χ1v) is 6.08. The van der Waals surface area contributed by atoms with Crippen LogP contribution in [0.2, 0.25) is 0 Å². The quantitative estimate of drug-likeness (QED) is 0.785. The van der Waals surface area contributed by atoms with Gasteiger partial charge in [0.1, 0.15) is 0 Å². The molecule has 3 N–H and O–H groups in total. The van der Waals surface area contributed by atoms with Gasteiger partial charge in [0.25, 0.3) is 0 Å². The summed E-state index contributed by atoms with van der Waals surface area (Å²) in [4.78, 5) is 15.7. The number of hydrogen-bond donors (Lipinski definition) is 2. The molecule has 0 radical (unpaired) electrons. The molecule has 0 bridgehead atoms. The molecule has 0 aliphatic carbocycles. The lowest BCUT2D eigenvalue weighted by Gasteiger charge is -2.12. The molecule has 1 aromatic heterocycles. The summed E-state index contributed by atoms with van der Waals surface area (Å²) in [7, 11) is 0. The monoisotopic (exact) mass is 235 g/mol. The topological polar surface area (TPSA) is 68.0 Å². The van der Waals surface area contributed by atoms with E-state index in [4.69, 9.17) is 5.73 Å². The summed E-state index contributed by atoms with van der Waals surface area (Å²) in [5.41, 5.74) is 7.94. The van der Waals surface area contributed by atoms with Gasteiger partial charge in [0, 0.05) is 18.9 Å². The first kappa shape index (κ1) is 13.6. The number of nitrogens with two attached hydrogens (primary N) is 1. The average molecular weight is 235 g/mol. The van der Waals surface area contributed by atoms with Gasteiger partial charge < -0.3 is 11.1 Å². The fraction of sp³-hybridized carbons (Fsp3) is 0.538. The van der Waals surface area contributed by atoms with Gasteiger partial charge in [-0.3, -0.25) is 9.78 Å². The summed E-state index contributed by atoms with van der Waals surface area (Å²) in [5.74, 6) is -0.0744. The van der Waals surface area contributed by atoms with E-state index < -0.39 is 6.04 Å². The van der Waals surface area contributed by atoms with E-state index in [0.717, 1.165) is 30.4 Å². The van der Waals surface area contributed by atoms with Gasteiger partial charge in [-0.05, 0) is 30.5 Å². The zero-order valence-electron chi connectivity index (χ0n) is 10.6. The van der Waals surface area contributed by atoms with E-state index in [-0.39, 0.29) is 5.91 Å². The Balaban J connectivity index is 2.40. The van der Waals surface area contributed by atoms with Crippen molar-refractivity contribution in [3.05, 3.63) is 29.6 Å². The Hall–Kier alpha value is -1.42. The molecule has 17 heavy (non-hydrogen) atoms. The van der Waals surface area contributed by atoms with Crippen LogP contribution in [0.3, 0.4) is 0 Å². The molecule has 4 nitrogen and oxygen atoms in total. The maximum atomic E-state index is 11.7. The van der Waals surface area contributed by atoms with Crippen LogP contribution in [-0.2, 0) is 11.3 Å². The van der Waals surface area contributed by atoms with Crippen molar-refractivity contribution in [1.29, 1.82) is 0 Å². The number of carbonyl (C=O) groups excluding carboxylic acids is 1. The molecular weight excluding hydrogens is 214 g/mol. The van der Waals surface area contributed by atoms with Crippen LogP contribution in [0, 0.1) is 6.92 Å². The number of aromatic nitrogens is 1. The van der Waals surface area contributed by atoms with E-state index in [1.165, 1.54) is 0 Å². The lowest BCUT2D eigenvalue weighted by Crippen LogP contribution is -2.40. The molecule has 1 rings (SSSR count). The largest absolute Gasteiger partial charge is 0.351 e. The van der Waals surface area contributed by atoms with E-state index in [2.05, 4.69) is 17.2 Å². The summed E-state index contributed by atoms with van der Waals surface area (Å²) < 4.78 is 0. The van der Waals surface area contributed by atoms with Crippen molar-refractivity contribution < 1.29 is 4.79 Å². The minimum absolute atomic E-state index is 0.0744. The molecule has 0 aromatic carbocycles. The smallest absolute Gasteiger partial charge is 0.237 e. The second kappa shape index (κ2) is 7.01. The Morgan fingerprint density at radius 2 is 2.35 bits per heavy atom. The van der Waals surface area contributed by atoms with E-state index in [9.17, 15) is 4.79 Å². The minimum Gasteiger partial charge on any atom is -0.351 e. The molecule has 0 aliphatic heterocycles. The zero-order valence-corrected chi connectivity index (χ0v) is 10.6. The molecule has 0 spiro atoms. The second-order valence-electron chi connectivity index (χ2n) is 4.27. The van der Waals surface area contributed by atoms with Crippen LogP contribution in [-0.4, -0.2) is 16.9 Å². The summed E-state index contributed by atoms with van der Waals surface area (Å²) in [6.45, 7) is 4.59. The predicted molar refractivity (Wildman–Crippen MR) is 68.3 cm³/mol. The number of amides is 1. The number of nitrogens with one attached hydrogen (secondary N) is 1. The fourth-order valence-corrected chi connectivity index (χ4v) is 1.57. The second-order valence-corrected chi connectivity index (χ2v) is 4.27. The maximum absolute atomic E-state index is 11.7. The summed E-state index contributed by atoms with van der Waals surface area (Å²) in [5, 5.41) is 2.86. The highest BCUT2D eigenvalue weighted by atomic mass is 16.2. The summed E-state index contributed by atoms with van der Waals surface area (Å²) in [6, 6.07) is 1.52. The highest BCUT2D eigenvalue weighted by molar-refractivity contribution is 5.81. The summed E-state index contributed by atoms with van der Waals surface area (Å²) >= 11 is 0. The highest BCUT2D eigenvalue weighted by Gasteiger charge is 2.12. The Kier molecular flexibility index (Phi) is 5.63. The Bertz CT molecular complexity index is 365. The van der Waals surface area contributed by atoms with Gasteiger partial charge in [-0.15, -0.1) is 0 Å². The normalized spacial score (nSPS) is 12.2. The van der Waals surface area contributed by atoms with Crippen molar-refractivity contribution >= 4 is 5.91 Å². The molecule has 4 heteroatoms. The van der Waals surface area contributed by atoms with Crippen molar-refractivity contribution in [1.82, 2.24) is 10.3 Å². The molecule has 1 heterocycles. The molecule has 1 atom stereocenters. The number of pyridine rings is 1. The number of carbonyl (C=O) groups is 1. The number of rotatable bonds is 6. The van der Waals surface area contributed by atoms with Gasteiger partial charge >= 0.3 is 0 Å². The van der Waals surface area contributed by atoms with Crippen LogP contribution in [0.15, 0.2) is 18.5 Å². The minimum atomic E-state index is -0.392. The lowest BCUT2D eigenvalue weighted by molar-refractivity contribution is -0.122. The molecule has 0 saturated carbocycles. The molecule has 1 aromatic rings. The van der Waals surface area contributed by atoms with Crippen LogP contribution < -0.4 is 11.1 Å². The maximum Gasteiger partial charge on any atom is 0.237 e. The van der Waals surface area contributed by atoms with Crippen LogP contribution in [0.1, 0.15) is 37.3 Å². The predicted octanol–water partition coefficient (Wildman–Crippen LogP) is 1.52. The number of hydrogen-bond acceptors (Lipinski definition) is 3. The van der Waals surface area contributed by atoms with Gasteiger partial charge in [0.05, 0.1) is 6.04 Å². The standard InChI is InChI=1S/C13H21N3O/c1-3-4-5-12(14)13(17)16-9-11-6-7-15-8-10(11)2/h6-8,12H,3-5,9,14H2,1-2H3,(H,16,17). The van der Waals surface area contributed by atoms with Gasteiger partial charge in [-0.25, -0.2) is 0 Å². The Morgan fingerprint density at radius 1 is 1.59 bits per heavy atom. The SMILES string of the molecule is CCCCC(N)C(=O)NCc1ccncc1C. The van der Waals surface area contributed by atoms with E-state index in [1.807, 2.05) is 13.0 Å². The molecule has 1 amide bonds. The fourth-order valence-electron chi connectivity index (χ4n) is 1.57. The first-order chi connectivity index (χ1) is 8.15. The van der Waals surface area contributed by atoms with E-state index in [1.54, 1.807) is 12.4 Å². The van der Waals surface area contributed by atoms with Crippen molar-refractivity contribution in [2.45, 2.75) is 45.7 Å². The number of unbranched alkanes of at least 4 members (excludes halogenated alkanes) is 1. The van der Waals surface area contributed by atoms with Crippen LogP contribution in [0.25, 0.3) is 0 Å². The third kappa shape index (κ3) is 4.53. The van der Waals surface area contributed by atoms with Gasteiger partial charge in [-0.1, -0.05) is 19.8 Å². The Morgan fingerprint density at radius 3 is 3.00 bits per heavy atom. The van der Waals surface area contributed by atoms with Gasteiger partial charge in [0.15, 0.2) is 0 Å². The van der Waals surface area contributed by atoms with Crippen LogP contribution >= 0.6 is 0 Å². The van der Waals surface area contributed by atoms with E-state index >= 15 is 0 Å². The molecule has 94 valence electrons. The van der Waals surface area contributed by atoms with Crippen molar-refractivity contribution in [3.63, 3.8) is 0 Å². The van der Waals surface area contributed by atoms with Gasteiger partial charge in [-0.2, -0.15) is 0 Å². The molecule has 0 fully saturated rings. The molecular formula is C13H21N3O.